The molecule has 0 radical (unpaired) electrons. The molecule has 0 unspecified atom stereocenters. The van der Waals surface area contributed by atoms with E-state index in [1.165, 1.54) is 11.1 Å². The molecule has 2 aromatic rings. The molecule has 25 heavy (non-hydrogen) atoms. The number of hydrogen-bond donors (Lipinski definition) is 1. The van der Waals surface area contributed by atoms with Crippen LogP contribution in [-0.2, 0) is 0 Å². The van der Waals surface area contributed by atoms with Gasteiger partial charge >= 0.3 is 0 Å². The lowest BCUT2D eigenvalue weighted by Gasteiger charge is -2.12. The first-order valence-electron chi connectivity index (χ1n) is 8.61. The molecule has 0 amide bonds. The predicted molar refractivity (Wildman–Crippen MR) is 107 cm³/mol. The number of anilines is 1. The third-order valence-corrected chi connectivity index (χ3v) is 4.00. The summed E-state index contributed by atoms with van der Waals surface area (Å²) in [5.74, 6) is 0.799. The second-order valence-corrected chi connectivity index (χ2v) is 6.57. The average Bonchev–Trinajstić information content (AvgIpc) is 2.62. The lowest BCUT2D eigenvalue weighted by molar-refractivity contribution is 0.867. The Morgan fingerprint density at radius 1 is 0.960 bits per heavy atom. The van der Waals surface area contributed by atoms with Gasteiger partial charge in [0.2, 0.25) is 0 Å². The van der Waals surface area contributed by atoms with Crippen LogP contribution in [0.3, 0.4) is 0 Å². The van der Waals surface area contributed by atoms with E-state index in [0.717, 1.165) is 11.4 Å². The maximum absolute atomic E-state index is 9.39. The van der Waals surface area contributed by atoms with Gasteiger partial charge in [0.05, 0.1) is 11.3 Å². The van der Waals surface area contributed by atoms with E-state index in [9.17, 15) is 5.26 Å². The molecule has 0 spiro atoms. The van der Waals surface area contributed by atoms with Crippen molar-refractivity contribution in [2.24, 2.45) is 4.99 Å². The van der Waals surface area contributed by atoms with Crippen molar-refractivity contribution in [1.82, 2.24) is 0 Å². The fourth-order valence-electron chi connectivity index (χ4n) is 2.62. The van der Waals surface area contributed by atoms with Crippen LogP contribution < -0.4 is 5.32 Å². The first kappa shape index (κ1) is 18.5. The molecule has 0 atom stereocenters. The van der Waals surface area contributed by atoms with E-state index < -0.39 is 0 Å². The number of nitriles is 1. The smallest absolute Gasteiger partial charge is 0.102 e. The van der Waals surface area contributed by atoms with Crippen molar-refractivity contribution in [2.75, 3.05) is 5.32 Å². The van der Waals surface area contributed by atoms with E-state index in [1.54, 1.807) is 12.4 Å². The van der Waals surface area contributed by atoms with E-state index in [4.69, 9.17) is 0 Å². The third-order valence-electron chi connectivity index (χ3n) is 4.00. The minimum absolute atomic E-state index is 0.388. The molecule has 2 aromatic carbocycles. The number of allylic oxidation sites excluding steroid dienone is 1. The highest BCUT2D eigenvalue weighted by Crippen LogP contribution is 2.26. The van der Waals surface area contributed by atoms with Gasteiger partial charge in [-0.25, -0.2) is 0 Å². The summed E-state index contributed by atoms with van der Waals surface area (Å²) in [5, 5.41) is 12.6. The summed E-state index contributed by atoms with van der Waals surface area (Å²) in [5.41, 5.74) is 4.80. The SMILES string of the molecule is CC(C)c1ccccc1N=C/C(C#N)=C/Nc1ccccc1C(C)C. The molecule has 0 bridgehead atoms. The second-order valence-electron chi connectivity index (χ2n) is 6.57. The van der Waals surface area contributed by atoms with E-state index in [2.05, 4.69) is 56.2 Å². The molecule has 0 heterocycles. The summed E-state index contributed by atoms with van der Waals surface area (Å²) in [6, 6.07) is 18.3. The van der Waals surface area contributed by atoms with E-state index in [1.807, 2.05) is 36.4 Å². The highest BCUT2D eigenvalue weighted by atomic mass is 14.8. The normalized spacial score (nSPS) is 12.0. The zero-order valence-electron chi connectivity index (χ0n) is 15.3. The first-order valence-corrected chi connectivity index (χ1v) is 8.61. The van der Waals surface area contributed by atoms with E-state index in [0.29, 0.717) is 17.4 Å². The molecule has 1 N–H and O–H groups in total. The van der Waals surface area contributed by atoms with E-state index in [-0.39, 0.29) is 0 Å². The first-order chi connectivity index (χ1) is 12.0. The minimum Gasteiger partial charge on any atom is -0.360 e. The maximum atomic E-state index is 9.39. The highest BCUT2D eigenvalue weighted by molar-refractivity contribution is 5.86. The molecule has 0 saturated carbocycles. The Kier molecular flexibility index (Phi) is 6.54. The van der Waals surface area contributed by atoms with Crippen molar-refractivity contribution < 1.29 is 0 Å². The van der Waals surface area contributed by atoms with Crippen LogP contribution in [0.2, 0.25) is 0 Å². The standard InChI is InChI=1S/C22H25N3/c1-16(2)19-9-5-7-11-21(19)24-14-18(13-23)15-25-22-12-8-6-10-20(22)17(3)4/h5-12,14-17,24H,1-4H3/b18-14+,25-15?. The predicted octanol–water partition coefficient (Wildman–Crippen LogP) is 6.16. The van der Waals surface area contributed by atoms with Gasteiger partial charge in [-0.2, -0.15) is 5.26 Å². The summed E-state index contributed by atoms with van der Waals surface area (Å²) in [6.45, 7) is 8.58. The molecule has 0 saturated heterocycles. The second kappa shape index (κ2) is 8.84. The van der Waals surface area contributed by atoms with Crippen molar-refractivity contribution >= 4 is 17.6 Å². The molecular formula is C22H25N3. The number of hydrogen-bond acceptors (Lipinski definition) is 3. The molecule has 128 valence electrons. The zero-order valence-corrected chi connectivity index (χ0v) is 15.3. The van der Waals surface area contributed by atoms with Crippen LogP contribution in [0, 0.1) is 11.3 Å². The van der Waals surface area contributed by atoms with Crippen LogP contribution in [0.1, 0.15) is 50.7 Å². The molecule has 0 fully saturated rings. The maximum Gasteiger partial charge on any atom is 0.102 e. The third kappa shape index (κ3) is 5.06. The lowest BCUT2D eigenvalue weighted by Crippen LogP contribution is -1.98. The van der Waals surface area contributed by atoms with Crippen LogP contribution in [0.5, 0.6) is 0 Å². The lowest BCUT2D eigenvalue weighted by atomic mass is 10.0. The number of nitrogens with one attached hydrogen (secondary N) is 1. The monoisotopic (exact) mass is 331 g/mol. The fraction of sp³-hybridized carbons (Fsp3) is 0.273. The van der Waals surface area contributed by atoms with Gasteiger partial charge in [-0.05, 0) is 35.1 Å². The Morgan fingerprint density at radius 2 is 1.56 bits per heavy atom. The van der Waals surface area contributed by atoms with Crippen LogP contribution in [0.4, 0.5) is 11.4 Å². The van der Waals surface area contributed by atoms with Gasteiger partial charge in [-0.15, -0.1) is 0 Å². The fourth-order valence-corrected chi connectivity index (χ4v) is 2.62. The van der Waals surface area contributed by atoms with Gasteiger partial charge in [0.15, 0.2) is 0 Å². The van der Waals surface area contributed by atoms with Crippen LogP contribution >= 0.6 is 0 Å². The summed E-state index contributed by atoms with van der Waals surface area (Å²) in [4.78, 5) is 4.51. The summed E-state index contributed by atoms with van der Waals surface area (Å²) in [7, 11) is 0. The minimum atomic E-state index is 0.388. The van der Waals surface area contributed by atoms with Gasteiger partial charge in [-0.3, -0.25) is 4.99 Å². The molecule has 0 aliphatic rings. The van der Waals surface area contributed by atoms with Crippen molar-refractivity contribution in [1.29, 1.82) is 5.26 Å². The Hall–Kier alpha value is -2.86. The van der Waals surface area contributed by atoms with Gasteiger partial charge in [0.25, 0.3) is 0 Å². The van der Waals surface area contributed by atoms with Crippen molar-refractivity contribution in [3.63, 3.8) is 0 Å². The van der Waals surface area contributed by atoms with E-state index >= 15 is 0 Å². The molecular weight excluding hydrogens is 306 g/mol. The Balaban J connectivity index is 2.21. The van der Waals surface area contributed by atoms with Gasteiger partial charge in [0, 0.05) is 18.1 Å². The molecule has 0 aliphatic heterocycles. The molecule has 3 nitrogen and oxygen atoms in total. The average molecular weight is 331 g/mol. The molecule has 3 heteroatoms. The summed E-state index contributed by atoms with van der Waals surface area (Å²) < 4.78 is 0. The summed E-state index contributed by atoms with van der Waals surface area (Å²) in [6.07, 6.45) is 3.33. The molecule has 0 aromatic heterocycles. The highest BCUT2D eigenvalue weighted by Gasteiger charge is 2.05. The largest absolute Gasteiger partial charge is 0.360 e. The number of para-hydroxylation sites is 2. The number of nitrogens with zero attached hydrogens (tertiary/aromatic N) is 2. The molecule has 0 aliphatic carbocycles. The van der Waals surface area contributed by atoms with Crippen molar-refractivity contribution in [3.05, 3.63) is 71.4 Å². The summed E-state index contributed by atoms with van der Waals surface area (Å²) >= 11 is 0. The number of benzene rings is 2. The van der Waals surface area contributed by atoms with Gasteiger partial charge in [-0.1, -0.05) is 64.1 Å². The topological polar surface area (TPSA) is 48.2 Å². The Labute approximate surface area is 150 Å². The Morgan fingerprint density at radius 3 is 2.20 bits per heavy atom. The van der Waals surface area contributed by atoms with Crippen LogP contribution in [0.25, 0.3) is 0 Å². The van der Waals surface area contributed by atoms with Crippen LogP contribution in [-0.4, -0.2) is 6.21 Å². The molecule has 2 rings (SSSR count). The number of aliphatic imine (C=N–C) groups is 1. The van der Waals surface area contributed by atoms with Gasteiger partial charge < -0.3 is 5.32 Å². The Bertz CT molecular complexity index is 808. The quantitative estimate of drug-likeness (QED) is 0.509. The van der Waals surface area contributed by atoms with Crippen molar-refractivity contribution in [3.8, 4) is 6.07 Å². The number of rotatable bonds is 6. The van der Waals surface area contributed by atoms with Gasteiger partial charge in [0.1, 0.15) is 6.07 Å². The van der Waals surface area contributed by atoms with Crippen molar-refractivity contribution in [2.45, 2.75) is 39.5 Å². The zero-order chi connectivity index (χ0) is 18.2. The van der Waals surface area contributed by atoms with Crippen LogP contribution in [0.15, 0.2) is 65.3 Å².